The molecule has 1 fully saturated rings. The van der Waals surface area contributed by atoms with Crippen LogP contribution in [0.25, 0.3) is 0 Å². The van der Waals surface area contributed by atoms with Gasteiger partial charge in [0.2, 0.25) is 0 Å². The van der Waals surface area contributed by atoms with Crippen LogP contribution in [-0.2, 0) is 4.84 Å². The number of aryl methyl sites for hydroxylation is 2. The number of hydrogen-bond acceptors (Lipinski definition) is 3. The zero-order valence-electron chi connectivity index (χ0n) is 10.8. The normalized spacial score (nSPS) is 17.5. The van der Waals surface area contributed by atoms with Crippen molar-refractivity contribution in [1.29, 1.82) is 0 Å². The summed E-state index contributed by atoms with van der Waals surface area (Å²) in [5.74, 6) is 5.76. The van der Waals surface area contributed by atoms with Crippen molar-refractivity contribution < 1.29 is 4.84 Å². The van der Waals surface area contributed by atoms with E-state index in [9.17, 15) is 0 Å². The van der Waals surface area contributed by atoms with Crippen molar-refractivity contribution in [2.75, 3.05) is 24.6 Å². The standard InChI is InChI=1S/C14H22N2O/c1-11-3-4-14(9-12(11)2)16-7-5-13(6-8-16)10-17-15/h3-4,9,13H,5-8,10,15H2,1-2H3. The van der Waals surface area contributed by atoms with Crippen molar-refractivity contribution in [3.63, 3.8) is 0 Å². The van der Waals surface area contributed by atoms with Crippen LogP contribution < -0.4 is 10.8 Å². The van der Waals surface area contributed by atoms with E-state index in [1.807, 2.05) is 0 Å². The molecule has 0 spiro atoms. The fourth-order valence-electron chi connectivity index (χ4n) is 2.42. The average molecular weight is 234 g/mol. The molecule has 0 atom stereocenters. The summed E-state index contributed by atoms with van der Waals surface area (Å²) in [4.78, 5) is 7.20. The number of rotatable bonds is 3. The maximum absolute atomic E-state index is 5.13. The van der Waals surface area contributed by atoms with Gasteiger partial charge in [-0.25, -0.2) is 5.90 Å². The minimum atomic E-state index is 0.628. The van der Waals surface area contributed by atoms with Crippen LogP contribution in [0.4, 0.5) is 5.69 Å². The number of anilines is 1. The van der Waals surface area contributed by atoms with Crippen LogP contribution in [0.2, 0.25) is 0 Å². The Morgan fingerprint density at radius 3 is 2.53 bits per heavy atom. The third-order valence-electron chi connectivity index (χ3n) is 3.80. The van der Waals surface area contributed by atoms with E-state index in [1.54, 1.807) is 0 Å². The maximum Gasteiger partial charge on any atom is 0.0708 e. The number of benzene rings is 1. The predicted molar refractivity (Wildman–Crippen MR) is 71.0 cm³/mol. The molecule has 0 bridgehead atoms. The van der Waals surface area contributed by atoms with Crippen molar-refractivity contribution in [3.05, 3.63) is 29.3 Å². The predicted octanol–water partition coefficient (Wildman–Crippen LogP) is 2.41. The first-order chi connectivity index (χ1) is 8.20. The van der Waals surface area contributed by atoms with Crippen LogP contribution in [0.3, 0.4) is 0 Å². The minimum Gasteiger partial charge on any atom is -0.372 e. The van der Waals surface area contributed by atoms with Gasteiger partial charge in [0.05, 0.1) is 6.61 Å². The van der Waals surface area contributed by atoms with Crippen LogP contribution in [0.1, 0.15) is 24.0 Å². The molecule has 1 saturated heterocycles. The highest BCUT2D eigenvalue weighted by Gasteiger charge is 2.19. The Kier molecular flexibility index (Phi) is 4.02. The quantitative estimate of drug-likeness (QED) is 0.816. The maximum atomic E-state index is 5.13. The van der Waals surface area contributed by atoms with Gasteiger partial charge >= 0.3 is 0 Å². The average Bonchev–Trinajstić information content (AvgIpc) is 2.34. The molecule has 1 heterocycles. The summed E-state index contributed by atoms with van der Waals surface area (Å²) >= 11 is 0. The Hall–Kier alpha value is -1.06. The van der Waals surface area contributed by atoms with Gasteiger partial charge in [-0.3, -0.25) is 0 Å². The largest absolute Gasteiger partial charge is 0.372 e. The molecule has 2 N–H and O–H groups in total. The highest BCUT2D eigenvalue weighted by molar-refractivity contribution is 5.50. The lowest BCUT2D eigenvalue weighted by molar-refractivity contribution is 0.0918. The fraction of sp³-hybridized carbons (Fsp3) is 0.571. The third kappa shape index (κ3) is 2.99. The first kappa shape index (κ1) is 12.4. The zero-order chi connectivity index (χ0) is 12.3. The first-order valence-electron chi connectivity index (χ1n) is 6.34. The number of nitrogens with two attached hydrogens (primary N) is 1. The highest BCUT2D eigenvalue weighted by Crippen LogP contribution is 2.24. The Morgan fingerprint density at radius 2 is 1.94 bits per heavy atom. The lowest BCUT2D eigenvalue weighted by Gasteiger charge is -2.33. The van der Waals surface area contributed by atoms with Crippen molar-refractivity contribution in [2.24, 2.45) is 11.8 Å². The van der Waals surface area contributed by atoms with Gasteiger partial charge in [0.1, 0.15) is 0 Å². The molecule has 2 rings (SSSR count). The van der Waals surface area contributed by atoms with E-state index in [0.717, 1.165) is 13.1 Å². The van der Waals surface area contributed by atoms with E-state index >= 15 is 0 Å². The number of nitrogens with zero attached hydrogens (tertiary/aromatic N) is 1. The van der Waals surface area contributed by atoms with Crippen molar-refractivity contribution in [3.8, 4) is 0 Å². The van der Waals surface area contributed by atoms with Gasteiger partial charge in [-0.2, -0.15) is 0 Å². The Balaban J connectivity index is 1.98. The second-order valence-corrected chi connectivity index (χ2v) is 5.03. The molecule has 0 aliphatic carbocycles. The van der Waals surface area contributed by atoms with Gasteiger partial charge in [0.25, 0.3) is 0 Å². The molecular formula is C14H22N2O. The topological polar surface area (TPSA) is 38.5 Å². The van der Waals surface area contributed by atoms with Gasteiger partial charge < -0.3 is 9.74 Å². The molecule has 3 nitrogen and oxygen atoms in total. The minimum absolute atomic E-state index is 0.628. The molecule has 0 unspecified atom stereocenters. The van der Waals surface area contributed by atoms with Crippen molar-refractivity contribution >= 4 is 5.69 Å². The van der Waals surface area contributed by atoms with E-state index < -0.39 is 0 Å². The molecule has 3 heteroatoms. The zero-order valence-corrected chi connectivity index (χ0v) is 10.8. The Morgan fingerprint density at radius 1 is 1.24 bits per heavy atom. The molecule has 1 aliphatic heterocycles. The Bertz CT molecular complexity index is 370. The van der Waals surface area contributed by atoms with E-state index in [1.165, 1.54) is 29.7 Å². The molecule has 0 aromatic heterocycles. The van der Waals surface area contributed by atoms with Crippen LogP contribution in [0, 0.1) is 19.8 Å². The molecule has 1 aliphatic rings. The molecule has 1 aromatic carbocycles. The van der Waals surface area contributed by atoms with Gasteiger partial charge in [0, 0.05) is 18.8 Å². The summed E-state index contributed by atoms with van der Waals surface area (Å²) < 4.78 is 0. The summed E-state index contributed by atoms with van der Waals surface area (Å²) in [6.07, 6.45) is 2.34. The van der Waals surface area contributed by atoms with Crippen LogP contribution in [0.5, 0.6) is 0 Å². The van der Waals surface area contributed by atoms with Crippen molar-refractivity contribution in [2.45, 2.75) is 26.7 Å². The van der Waals surface area contributed by atoms with E-state index in [4.69, 9.17) is 10.7 Å². The molecule has 0 radical (unpaired) electrons. The summed E-state index contributed by atoms with van der Waals surface area (Å²) in [7, 11) is 0. The molecule has 0 saturated carbocycles. The number of piperidine rings is 1. The van der Waals surface area contributed by atoms with Crippen LogP contribution in [-0.4, -0.2) is 19.7 Å². The van der Waals surface area contributed by atoms with Crippen molar-refractivity contribution in [1.82, 2.24) is 0 Å². The molecular weight excluding hydrogens is 212 g/mol. The summed E-state index contributed by atoms with van der Waals surface area (Å²) in [6.45, 7) is 7.24. The van der Waals surface area contributed by atoms with E-state index in [2.05, 4.69) is 36.9 Å². The van der Waals surface area contributed by atoms with Crippen LogP contribution in [0.15, 0.2) is 18.2 Å². The lowest BCUT2D eigenvalue weighted by atomic mass is 9.97. The monoisotopic (exact) mass is 234 g/mol. The third-order valence-corrected chi connectivity index (χ3v) is 3.80. The van der Waals surface area contributed by atoms with E-state index in [-0.39, 0.29) is 0 Å². The Labute approximate surface area is 104 Å². The van der Waals surface area contributed by atoms with Crippen LogP contribution >= 0.6 is 0 Å². The summed E-state index contributed by atoms with van der Waals surface area (Å²) in [5.41, 5.74) is 4.08. The lowest BCUT2D eigenvalue weighted by Crippen LogP contribution is -2.35. The smallest absolute Gasteiger partial charge is 0.0708 e. The second kappa shape index (κ2) is 5.52. The van der Waals surface area contributed by atoms with Gasteiger partial charge in [-0.15, -0.1) is 0 Å². The summed E-state index contributed by atoms with van der Waals surface area (Å²) in [5, 5.41) is 0. The molecule has 1 aromatic rings. The van der Waals surface area contributed by atoms with Gasteiger partial charge in [0.15, 0.2) is 0 Å². The molecule has 94 valence electrons. The van der Waals surface area contributed by atoms with E-state index in [0.29, 0.717) is 12.5 Å². The van der Waals surface area contributed by atoms with Gasteiger partial charge in [-0.1, -0.05) is 6.07 Å². The molecule has 17 heavy (non-hydrogen) atoms. The van der Waals surface area contributed by atoms with Gasteiger partial charge in [-0.05, 0) is 55.9 Å². The first-order valence-corrected chi connectivity index (χ1v) is 6.34. The summed E-state index contributed by atoms with van der Waals surface area (Å²) in [6, 6.07) is 6.72. The fourth-order valence-corrected chi connectivity index (χ4v) is 2.42. The molecule has 0 amide bonds. The second-order valence-electron chi connectivity index (χ2n) is 5.03. The number of hydrogen-bond donors (Lipinski definition) is 1. The highest BCUT2D eigenvalue weighted by atomic mass is 16.6. The SMILES string of the molecule is Cc1ccc(N2CCC(CON)CC2)cc1C.